The molecule has 0 saturated heterocycles. The lowest BCUT2D eigenvalue weighted by atomic mass is 10.2. The summed E-state index contributed by atoms with van der Waals surface area (Å²) >= 11 is 1.36. The van der Waals surface area contributed by atoms with Crippen LogP contribution in [0.15, 0.2) is 41.9 Å². The van der Waals surface area contributed by atoms with Crippen LogP contribution in [0, 0.1) is 0 Å². The number of hydrogen-bond donors (Lipinski definition) is 1. The molecule has 84 valence electrons. The van der Waals surface area contributed by atoms with Crippen molar-refractivity contribution in [3.63, 3.8) is 0 Å². The predicted octanol–water partition coefficient (Wildman–Crippen LogP) is 2.70. The van der Waals surface area contributed by atoms with Crippen LogP contribution in [0.1, 0.15) is 5.69 Å². The van der Waals surface area contributed by atoms with Crippen molar-refractivity contribution >= 4 is 28.1 Å². The van der Waals surface area contributed by atoms with Crippen LogP contribution in [0.25, 0.3) is 10.9 Å². The van der Waals surface area contributed by atoms with E-state index in [4.69, 9.17) is 0 Å². The van der Waals surface area contributed by atoms with Gasteiger partial charge in [-0.2, -0.15) is 0 Å². The lowest BCUT2D eigenvalue weighted by Crippen LogP contribution is -2.00. The topological polar surface area (TPSA) is 50.7 Å². The van der Waals surface area contributed by atoms with Gasteiger partial charge in [-0.3, -0.25) is 4.98 Å². The third-order valence-electron chi connectivity index (χ3n) is 2.51. The summed E-state index contributed by atoms with van der Waals surface area (Å²) in [7, 11) is 0. The Morgan fingerprint density at radius 1 is 1.18 bits per heavy atom. The Kier molecular flexibility index (Phi) is 2.67. The second-order valence-electron chi connectivity index (χ2n) is 3.63. The van der Waals surface area contributed by atoms with Gasteiger partial charge in [0.1, 0.15) is 0 Å². The number of aromatic nitrogens is 3. The lowest BCUT2D eigenvalue weighted by molar-refractivity contribution is 1.00. The maximum absolute atomic E-state index is 4.32. The highest BCUT2D eigenvalue weighted by Crippen LogP contribution is 2.21. The first-order valence-electron chi connectivity index (χ1n) is 5.27. The standard InChI is InChI=1S/C12H10N4S/c1-4-11-10(3-2-6-13-11)12(5-1)14-7-9-8-17-16-15-9/h1-6,8,14H,7H2. The van der Waals surface area contributed by atoms with E-state index in [0.717, 1.165) is 22.3 Å². The highest BCUT2D eigenvalue weighted by Gasteiger charge is 2.01. The number of nitrogens with zero attached hydrogens (tertiary/aromatic N) is 3. The third-order valence-corrected chi connectivity index (χ3v) is 3.06. The molecule has 0 saturated carbocycles. The van der Waals surface area contributed by atoms with Gasteiger partial charge in [-0.05, 0) is 35.8 Å². The van der Waals surface area contributed by atoms with Crippen molar-refractivity contribution in [2.75, 3.05) is 5.32 Å². The van der Waals surface area contributed by atoms with Gasteiger partial charge in [0.25, 0.3) is 0 Å². The fourth-order valence-electron chi connectivity index (χ4n) is 1.70. The van der Waals surface area contributed by atoms with Crippen molar-refractivity contribution in [2.24, 2.45) is 0 Å². The number of rotatable bonds is 3. The third kappa shape index (κ3) is 2.09. The van der Waals surface area contributed by atoms with Crippen LogP contribution in [0.3, 0.4) is 0 Å². The summed E-state index contributed by atoms with van der Waals surface area (Å²) in [5.74, 6) is 0. The molecular weight excluding hydrogens is 232 g/mol. The summed E-state index contributed by atoms with van der Waals surface area (Å²) in [4.78, 5) is 4.32. The quantitative estimate of drug-likeness (QED) is 0.767. The van der Waals surface area contributed by atoms with Crippen LogP contribution in [0.5, 0.6) is 0 Å². The minimum absolute atomic E-state index is 0.685. The molecule has 5 heteroatoms. The van der Waals surface area contributed by atoms with Gasteiger partial charge in [0.2, 0.25) is 0 Å². The Hall–Kier alpha value is -2.01. The van der Waals surface area contributed by atoms with Crippen LogP contribution in [0.2, 0.25) is 0 Å². The Morgan fingerprint density at radius 2 is 2.18 bits per heavy atom. The molecule has 3 rings (SSSR count). The second-order valence-corrected chi connectivity index (χ2v) is 4.24. The average molecular weight is 242 g/mol. The van der Waals surface area contributed by atoms with Gasteiger partial charge in [0.15, 0.2) is 0 Å². The zero-order valence-electron chi connectivity index (χ0n) is 9.00. The van der Waals surface area contributed by atoms with E-state index in [1.54, 1.807) is 6.20 Å². The monoisotopic (exact) mass is 242 g/mol. The van der Waals surface area contributed by atoms with Gasteiger partial charge in [-0.1, -0.05) is 10.6 Å². The summed E-state index contributed by atoms with van der Waals surface area (Å²) in [6.07, 6.45) is 1.80. The average Bonchev–Trinajstić information content (AvgIpc) is 2.89. The van der Waals surface area contributed by atoms with E-state index in [9.17, 15) is 0 Å². The fourth-order valence-corrected chi connectivity index (χ4v) is 2.16. The number of pyridine rings is 1. The number of fused-ring (bicyclic) bond motifs is 1. The molecule has 2 aromatic heterocycles. The van der Waals surface area contributed by atoms with Crippen molar-refractivity contribution in [2.45, 2.75) is 6.54 Å². The first kappa shape index (κ1) is 10.2. The maximum atomic E-state index is 4.32. The minimum atomic E-state index is 0.685. The molecule has 4 nitrogen and oxygen atoms in total. The van der Waals surface area contributed by atoms with Crippen molar-refractivity contribution in [1.82, 2.24) is 14.6 Å². The van der Waals surface area contributed by atoms with Crippen molar-refractivity contribution in [3.05, 3.63) is 47.6 Å². The van der Waals surface area contributed by atoms with Gasteiger partial charge < -0.3 is 5.32 Å². The summed E-state index contributed by atoms with van der Waals surface area (Å²) in [5.41, 5.74) is 3.02. The maximum Gasteiger partial charge on any atom is 0.0946 e. The van der Waals surface area contributed by atoms with Gasteiger partial charge in [-0.25, -0.2) is 0 Å². The molecule has 0 spiro atoms. The molecule has 0 fully saturated rings. The van der Waals surface area contributed by atoms with Gasteiger partial charge >= 0.3 is 0 Å². The fraction of sp³-hybridized carbons (Fsp3) is 0.0833. The zero-order valence-corrected chi connectivity index (χ0v) is 9.81. The number of anilines is 1. The lowest BCUT2D eigenvalue weighted by Gasteiger charge is -2.07. The van der Waals surface area contributed by atoms with Crippen LogP contribution < -0.4 is 5.32 Å². The van der Waals surface area contributed by atoms with E-state index >= 15 is 0 Å². The summed E-state index contributed by atoms with van der Waals surface area (Å²) in [6.45, 7) is 0.685. The normalized spacial score (nSPS) is 10.6. The smallest absolute Gasteiger partial charge is 0.0946 e. The highest BCUT2D eigenvalue weighted by atomic mass is 32.1. The van der Waals surface area contributed by atoms with E-state index in [2.05, 4.69) is 26.0 Å². The largest absolute Gasteiger partial charge is 0.379 e. The summed E-state index contributed by atoms with van der Waals surface area (Å²) < 4.78 is 3.84. The molecule has 0 unspecified atom stereocenters. The molecule has 1 aromatic carbocycles. The van der Waals surface area contributed by atoms with Gasteiger partial charge in [0.05, 0.1) is 17.8 Å². The van der Waals surface area contributed by atoms with E-state index < -0.39 is 0 Å². The van der Waals surface area contributed by atoms with Crippen LogP contribution in [-0.4, -0.2) is 14.6 Å². The van der Waals surface area contributed by atoms with Crippen LogP contribution in [-0.2, 0) is 6.54 Å². The Labute approximate surface area is 102 Å². The van der Waals surface area contributed by atoms with Crippen molar-refractivity contribution in [1.29, 1.82) is 0 Å². The molecule has 0 aliphatic rings. The molecular formula is C12H10N4S. The molecule has 0 bridgehead atoms. The Bertz CT molecular complexity index is 616. The molecule has 1 N–H and O–H groups in total. The second kappa shape index (κ2) is 4.47. The number of benzene rings is 1. The van der Waals surface area contributed by atoms with Crippen molar-refractivity contribution < 1.29 is 0 Å². The zero-order chi connectivity index (χ0) is 11.5. The van der Waals surface area contributed by atoms with E-state index in [0.29, 0.717) is 6.54 Å². The number of hydrogen-bond acceptors (Lipinski definition) is 5. The highest BCUT2D eigenvalue weighted by molar-refractivity contribution is 7.03. The van der Waals surface area contributed by atoms with Crippen LogP contribution >= 0.6 is 11.5 Å². The molecule has 0 radical (unpaired) electrons. The molecule has 0 aliphatic heterocycles. The first-order chi connectivity index (χ1) is 8.43. The SMILES string of the molecule is c1cc(NCc2csnn2)c2cccnc2c1. The molecule has 0 aliphatic carbocycles. The van der Waals surface area contributed by atoms with Crippen molar-refractivity contribution in [3.8, 4) is 0 Å². The Morgan fingerprint density at radius 3 is 3.06 bits per heavy atom. The van der Waals surface area contributed by atoms with E-state index in [-0.39, 0.29) is 0 Å². The molecule has 2 heterocycles. The number of nitrogens with one attached hydrogen (secondary N) is 1. The molecule has 0 atom stereocenters. The van der Waals surface area contributed by atoms with Gasteiger partial charge in [0, 0.05) is 22.7 Å². The summed E-state index contributed by atoms with van der Waals surface area (Å²) in [6, 6.07) is 10.0. The predicted molar refractivity (Wildman–Crippen MR) is 69.0 cm³/mol. The first-order valence-corrected chi connectivity index (χ1v) is 6.11. The van der Waals surface area contributed by atoms with Gasteiger partial charge in [-0.15, -0.1) is 5.10 Å². The summed E-state index contributed by atoms with van der Waals surface area (Å²) in [5, 5.41) is 10.4. The van der Waals surface area contributed by atoms with E-state index in [1.165, 1.54) is 11.5 Å². The molecule has 3 aromatic rings. The van der Waals surface area contributed by atoms with Crippen LogP contribution in [0.4, 0.5) is 5.69 Å². The minimum Gasteiger partial charge on any atom is -0.379 e. The van der Waals surface area contributed by atoms with E-state index in [1.807, 2.05) is 29.6 Å². The Balaban J connectivity index is 1.90. The molecule has 17 heavy (non-hydrogen) atoms. The molecule has 0 amide bonds.